The Labute approximate surface area is 152 Å². The smallest absolute Gasteiger partial charge is 0.263 e. The lowest BCUT2D eigenvalue weighted by molar-refractivity contribution is -0.310. The first-order valence-electron chi connectivity index (χ1n) is 6.54. The van der Waals surface area contributed by atoms with E-state index >= 15 is 0 Å². The highest BCUT2D eigenvalue weighted by Gasteiger charge is 2.45. The van der Waals surface area contributed by atoms with Gasteiger partial charge in [0.05, 0.1) is 43.2 Å². The lowest BCUT2D eigenvalue weighted by Gasteiger charge is -2.28. The molecule has 0 radical (unpaired) electrons. The van der Waals surface area contributed by atoms with E-state index in [-0.39, 0.29) is 43.6 Å². The van der Waals surface area contributed by atoms with Gasteiger partial charge in [0.1, 0.15) is 0 Å². The van der Waals surface area contributed by atoms with E-state index in [4.69, 9.17) is 46.4 Å². The van der Waals surface area contributed by atoms with Gasteiger partial charge in [-0.3, -0.25) is 14.5 Å². The van der Waals surface area contributed by atoms with Gasteiger partial charge in [-0.1, -0.05) is 60.3 Å². The molecule has 23 heavy (non-hydrogen) atoms. The van der Waals surface area contributed by atoms with Gasteiger partial charge >= 0.3 is 0 Å². The first kappa shape index (κ1) is 18.3. The number of carboxylic acids is 1. The first-order valence-corrected chi connectivity index (χ1v) is 8.05. The molecule has 1 heterocycles. The number of nitrogens with zero attached hydrogens (tertiary/aromatic N) is 1. The zero-order chi connectivity index (χ0) is 17.6. The number of halogens is 4. The quantitative estimate of drug-likeness (QED) is 0.444. The predicted molar refractivity (Wildman–Crippen MR) is 85.2 cm³/mol. The Morgan fingerprint density at radius 1 is 0.957 bits per heavy atom. The van der Waals surface area contributed by atoms with E-state index in [0.29, 0.717) is 4.90 Å². The summed E-state index contributed by atoms with van der Waals surface area (Å²) in [6.45, 7) is 3.50. The van der Waals surface area contributed by atoms with Crippen LogP contribution in [0.4, 0.5) is 0 Å². The fourth-order valence-electron chi connectivity index (χ4n) is 2.40. The standard InChI is InChI=1S/C14H11Cl4NO4/c1-4(2)3-5(14(22)23)19-12(20)6-7(13(19)21)9(16)11(18)10(17)8(6)15/h4-5H,3H2,1-2H3,(H,22,23)/p-1. The van der Waals surface area contributed by atoms with Crippen molar-refractivity contribution in [3.8, 4) is 0 Å². The van der Waals surface area contributed by atoms with E-state index in [1.165, 1.54) is 0 Å². The minimum absolute atomic E-state index is 0.0322. The highest BCUT2D eigenvalue weighted by atomic mass is 35.5. The van der Waals surface area contributed by atoms with Gasteiger partial charge in [-0.05, 0) is 12.3 Å². The lowest BCUT2D eigenvalue weighted by atomic mass is 10.0. The number of hydrogen-bond acceptors (Lipinski definition) is 4. The lowest BCUT2D eigenvalue weighted by Crippen LogP contribution is -2.51. The molecule has 1 aliphatic rings. The summed E-state index contributed by atoms with van der Waals surface area (Å²) in [5.74, 6) is -3.41. The number of benzene rings is 1. The van der Waals surface area contributed by atoms with Crippen LogP contribution >= 0.6 is 46.4 Å². The molecule has 0 aromatic heterocycles. The third-order valence-electron chi connectivity index (χ3n) is 3.41. The van der Waals surface area contributed by atoms with Crippen LogP contribution < -0.4 is 5.11 Å². The number of fused-ring (bicyclic) bond motifs is 1. The number of amides is 2. The highest BCUT2D eigenvalue weighted by molar-refractivity contribution is 6.55. The van der Waals surface area contributed by atoms with E-state index in [1.807, 2.05) is 0 Å². The molecule has 0 spiro atoms. The third-order valence-corrected chi connectivity index (χ3v) is 5.21. The van der Waals surface area contributed by atoms with Crippen molar-refractivity contribution in [2.45, 2.75) is 26.3 Å². The Balaban J connectivity index is 2.64. The van der Waals surface area contributed by atoms with Crippen LogP contribution in [-0.4, -0.2) is 28.7 Å². The maximum Gasteiger partial charge on any atom is 0.263 e. The van der Waals surface area contributed by atoms with Crippen molar-refractivity contribution >= 4 is 64.2 Å². The van der Waals surface area contributed by atoms with E-state index in [2.05, 4.69) is 0 Å². The molecule has 1 aromatic carbocycles. The monoisotopic (exact) mass is 396 g/mol. The first-order chi connectivity index (χ1) is 10.6. The maximum atomic E-state index is 12.5. The van der Waals surface area contributed by atoms with Gasteiger partial charge in [0, 0.05) is 0 Å². The molecule has 0 saturated carbocycles. The minimum atomic E-state index is -1.54. The summed E-state index contributed by atoms with van der Waals surface area (Å²) < 4.78 is 0. The fraction of sp³-hybridized carbons (Fsp3) is 0.357. The normalized spacial score (nSPS) is 15.3. The van der Waals surface area contributed by atoms with Gasteiger partial charge in [0.25, 0.3) is 11.8 Å². The summed E-state index contributed by atoms with van der Waals surface area (Å²) in [6.07, 6.45) is 0.0322. The summed E-state index contributed by atoms with van der Waals surface area (Å²) in [5, 5.41) is 10.6. The molecule has 0 N–H and O–H groups in total. The van der Waals surface area contributed by atoms with Crippen LogP contribution in [0.5, 0.6) is 0 Å². The molecule has 0 saturated heterocycles. The zero-order valence-corrected chi connectivity index (χ0v) is 15.0. The fourth-order valence-corrected chi connectivity index (χ4v) is 3.42. The summed E-state index contributed by atoms with van der Waals surface area (Å²) >= 11 is 23.8. The topological polar surface area (TPSA) is 77.5 Å². The second-order valence-electron chi connectivity index (χ2n) is 5.45. The molecule has 1 unspecified atom stereocenters. The Morgan fingerprint density at radius 3 is 1.65 bits per heavy atom. The molecule has 1 aromatic rings. The SMILES string of the molecule is CC(C)CC(C(=O)[O-])N1C(=O)c2c(Cl)c(Cl)c(Cl)c(Cl)c2C1=O. The molecule has 124 valence electrons. The van der Waals surface area contributed by atoms with Crippen LogP contribution in [0.15, 0.2) is 0 Å². The molecular weight excluding hydrogens is 388 g/mol. The van der Waals surface area contributed by atoms with Gasteiger partial charge in [-0.2, -0.15) is 0 Å². The highest BCUT2D eigenvalue weighted by Crippen LogP contribution is 2.45. The van der Waals surface area contributed by atoms with Gasteiger partial charge in [0.2, 0.25) is 0 Å². The van der Waals surface area contributed by atoms with E-state index in [0.717, 1.165) is 0 Å². The number of hydrogen-bond donors (Lipinski definition) is 0. The van der Waals surface area contributed by atoms with Crippen LogP contribution in [-0.2, 0) is 4.79 Å². The molecule has 0 aliphatic carbocycles. The number of carboxylic acid groups (broad SMARTS) is 1. The Bertz CT molecular complexity index is 685. The third kappa shape index (κ3) is 2.91. The second kappa shape index (κ2) is 6.48. The van der Waals surface area contributed by atoms with Crippen LogP contribution in [0.25, 0.3) is 0 Å². The van der Waals surface area contributed by atoms with Crippen molar-refractivity contribution in [1.82, 2.24) is 4.90 Å². The van der Waals surface area contributed by atoms with Crippen molar-refractivity contribution in [2.24, 2.45) is 5.92 Å². The largest absolute Gasteiger partial charge is 0.548 e. The van der Waals surface area contributed by atoms with Crippen molar-refractivity contribution in [3.05, 3.63) is 31.2 Å². The number of rotatable bonds is 4. The van der Waals surface area contributed by atoms with E-state index < -0.39 is 23.8 Å². The summed E-state index contributed by atoms with van der Waals surface area (Å²) in [7, 11) is 0. The van der Waals surface area contributed by atoms with Gasteiger partial charge in [-0.15, -0.1) is 0 Å². The van der Waals surface area contributed by atoms with Crippen molar-refractivity contribution < 1.29 is 19.5 Å². The number of carbonyl (C=O) groups is 3. The molecule has 0 fully saturated rings. The molecular formula is C14H10Cl4NO4-. The van der Waals surface area contributed by atoms with Crippen molar-refractivity contribution in [1.29, 1.82) is 0 Å². The average molecular weight is 398 g/mol. The minimum Gasteiger partial charge on any atom is -0.548 e. The van der Waals surface area contributed by atoms with Crippen molar-refractivity contribution in [2.75, 3.05) is 0 Å². The van der Waals surface area contributed by atoms with Gasteiger partial charge < -0.3 is 9.90 Å². The van der Waals surface area contributed by atoms with Crippen LogP contribution in [0.1, 0.15) is 41.0 Å². The predicted octanol–water partition coefficient (Wildman–Crippen LogP) is 3.06. The number of imide groups is 1. The van der Waals surface area contributed by atoms with Crippen LogP contribution in [0, 0.1) is 5.92 Å². The number of carbonyl (C=O) groups excluding carboxylic acids is 3. The summed E-state index contributed by atoms with van der Waals surface area (Å²) in [4.78, 5) is 37.1. The molecule has 2 amide bonds. The van der Waals surface area contributed by atoms with Crippen LogP contribution in [0.2, 0.25) is 20.1 Å². The molecule has 5 nitrogen and oxygen atoms in total. The molecule has 0 bridgehead atoms. The van der Waals surface area contributed by atoms with E-state index in [1.54, 1.807) is 13.8 Å². The second-order valence-corrected chi connectivity index (χ2v) is 6.96. The number of aliphatic carboxylic acids is 1. The van der Waals surface area contributed by atoms with Crippen molar-refractivity contribution in [3.63, 3.8) is 0 Å². The molecule has 2 rings (SSSR count). The summed E-state index contributed by atoms with van der Waals surface area (Å²) in [5.41, 5.74) is -0.489. The van der Waals surface area contributed by atoms with E-state index in [9.17, 15) is 19.5 Å². The Hall–Kier alpha value is -1.01. The molecule has 1 atom stereocenters. The Kier molecular flexibility index (Phi) is 5.16. The summed E-state index contributed by atoms with van der Waals surface area (Å²) in [6, 6.07) is -1.44. The average Bonchev–Trinajstić information content (AvgIpc) is 2.71. The zero-order valence-electron chi connectivity index (χ0n) is 12.0. The van der Waals surface area contributed by atoms with Gasteiger partial charge in [0.15, 0.2) is 0 Å². The Morgan fingerprint density at radius 2 is 1.35 bits per heavy atom. The maximum absolute atomic E-state index is 12.5. The van der Waals surface area contributed by atoms with Crippen LogP contribution in [0.3, 0.4) is 0 Å². The van der Waals surface area contributed by atoms with Gasteiger partial charge in [-0.25, -0.2) is 0 Å². The molecule has 1 aliphatic heterocycles. The molecule has 9 heteroatoms.